The molecule has 30 heavy (non-hydrogen) atoms. The molecule has 0 amide bonds. The topological polar surface area (TPSA) is 0 Å². The summed E-state index contributed by atoms with van der Waals surface area (Å²) in [7, 11) is 0. The molecule has 0 aromatic heterocycles. The van der Waals surface area contributed by atoms with Crippen LogP contribution in [0, 0.1) is 36.4 Å². The molecule has 0 nitrogen and oxygen atoms in total. The fourth-order valence-corrected chi connectivity index (χ4v) is 3.13. The maximum absolute atomic E-state index is 14.4. The highest BCUT2D eigenvalue weighted by Crippen LogP contribution is 2.12. The van der Waals surface area contributed by atoms with Gasteiger partial charge in [-0.1, -0.05) is 79.7 Å². The molecule has 0 heterocycles. The third-order valence-electron chi connectivity index (χ3n) is 4.99. The van der Waals surface area contributed by atoms with Crippen LogP contribution in [0.2, 0.25) is 0 Å². The van der Waals surface area contributed by atoms with E-state index < -0.39 is 0 Å². The summed E-state index contributed by atoms with van der Waals surface area (Å²) in [6.45, 7) is 4.26. The molecule has 3 aromatic carbocycles. The smallest absolute Gasteiger partial charge is 0.140 e. The van der Waals surface area contributed by atoms with Gasteiger partial charge in [0.15, 0.2) is 0 Å². The molecule has 0 fully saturated rings. The molecule has 3 rings (SSSR count). The average Bonchev–Trinajstić information content (AvgIpc) is 2.76. The Morgan fingerprint density at radius 1 is 0.667 bits per heavy atom. The predicted molar refractivity (Wildman–Crippen MR) is 124 cm³/mol. The molecule has 3 aromatic rings. The molecule has 0 saturated carbocycles. The van der Waals surface area contributed by atoms with Crippen molar-refractivity contribution in [1.29, 1.82) is 0 Å². The quantitative estimate of drug-likeness (QED) is 0.321. The molecule has 0 atom stereocenters. The Balaban J connectivity index is 1.64. The van der Waals surface area contributed by atoms with Gasteiger partial charge in [-0.15, -0.1) is 0 Å². The van der Waals surface area contributed by atoms with Gasteiger partial charge in [-0.25, -0.2) is 4.39 Å². The van der Waals surface area contributed by atoms with E-state index in [1.54, 1.807) is 6.07 Å². The first-order valence-corrected chi connectivity index (χ1v) is 10.6. The first-order chi connectivity index (χ1) is 14.6. The number of aryl methyl sites for hydroxylation is 2. The van der Waals surface area contributed by atoms with Crippen molar-refractivity contribution in [2.45, 2.75) is 46.0 Å². The van der Waals surface area contributed by atoms with Crippen LogP contribution in [-0.2, 0) is 6.42 Å². The van der Waals surface area contributed by atoms with E-state index in [-0.39, 0.29) is 5.82 Å². The highest BCUT2D eigenvalue weighted by molar-refractivity contribution is 5.49. The number of rotatable bonds is 5. The van der Waals surface area contributed by atoms with E-state index in [4.69, 9.17) is 0 Å². The minimum absolute atomic E-state index is 0.342. The van der Waals surface area contributed by atoms with Crippen molar-refractivity contribution in [1.82, 2.24) is 0 Å². The van der Waals surface area contributed by atoms with Crippen molar-refractivity contribution in [3.63, 3.8) is 0 Å². The van der Waals surface area contributed by atoms with Crippen LogP contribution in [0.3, 0.4) is 0 Å². The van der Waals surface area contributed by atoms with Gasteiger partial charge in [-0.3, -0.25) is 0 Å². The molecular formula is C29H27F. The van der Waals surface area contributed by atoms with E-state index in [2.05, 4.69) is 42.7 Å². The van der Waals surface area contributed by atoms with E-state index in [0.29, 0.717) is 11.1 Å². The molecule has 0 unspecified atom stereocenters. The first kappa shape index (κ1) is 21.4. The maximum Gasteiger partial charge on any atom is 0.140 e. The number of halogens is 1. The Labute approximate surface area is 180 Å². The second kappa shape index (κ2) is 11.0. The molecular weight excluding hydrogens is 367 g/mol. The lowest BCUT2D eigenvalue weighted by Crippen LogP contribution is -1.87. The normalized spacial score (nSPS) is 9.97. The van der Waals surface area contributed by atoms with Crippen LogP contribution in [-0.4, -0.2) is 0 Å². The van der Waals surface area contributed by atoms with E-state index >= 15 is 0 Å². The molecule has 1 heteroatoms. The Morgan fingerprint density at radius 2 is 1.27 bits per heavy atom. The lowest BCUT2D eigenvalue weighted by Gasteiger charge is -2.01. The summed E-state index contributed by atoms with van der Waals surface area (Å²) in [5.74, 6) is 11.7. The van der Waals surface area contributed by atoms with Crippen LogP contribution in [0.5, 0.6) is 0 Å². The third kappa shape index (κ3) is 6.65. The summed E-state index contributed by atoms with van der Waals surface area (Å²) in [5, 5.41) is 0. The fourth-order valence-electron chi connectivity index (χ4n) is 3.13. The van der Waals surface area contributed by atoms with Crippen molar-refractivity contribution < 1.29 is 4.39 Å². The summed E-state index contributed by atoms with van der Waals surface area (Å²) in [6.07, 6.45) is 6.16. The van der Waals surface area contributed by atoms with Gasteiger partial charge in [-0.05, 0) is 67.8 Å². The highest BCUT2D eigenvalue weighted by Gasteiger charge is 2.00. The fraction of sp³-hybridized carbons (Fsp3) is 0.241. The minimum Gasteiger partial charge on any atom is -0.206 e. The van der Waals surface area contributed by atoms with E-state index in [0.717, 1.165) is 17.5 Å². The molecule has 0 bridgehead atoms. The monoisotopic (exact) mass is 394 g/mol. The van der Waals surface area contributed by atoms with Gasteiger partial charge in [0.05, 0.1) is 5.56 Å². The van der Waals surface area contributed by atoms with Crippen molar-refractivity contribution >= 4 is 0 Å². The third-order valence-corrected chi connectivity index (χ3v) is 4.99. The predicted octanol–water partition coefficient (Wildman–Crippen LogP) is 7.06. The summed E-state index contributed by atoms with van der Waals surface area (Å²) in [4.78, 5) is 0. The van der Waals surface area contributed by atoms with Gasteiger partial charge >= 0.3 is 0 Å². The maximum atomic E-state index is 14.4. The van der Waals surface area contributed by atoms with Gasteiger partial charge in [-0.2, -0.15) is 0 Å². The zero-order valence-electron chi connectivity index (χ0n) is 17.8. The first-order valence-electron chi connectivity index (χ1n) is 10.6. The summed E-state index contributed by atoms with van der Waals surface area (Å²) in [5.41, 5.74) is 5.37. The number of hydrogen-bond donors (Lipinski definition) is 0. The van der Waals surface area contributed by atoms with Crippen LogP contribution >= 0.6 is 0 Å². The molecule has 150 valence electrons. The van der Waals surface area contributed by atoms with Crippen LogP contribution in [0.1, 0.15) is 66.0 Å². The van der Waals surface area contributed by atoms with Crippen molar-refractivity contribution in [2.24, 2.45) is 0 Å². The summed E-state index contributed by atoms with van der Waals surface area (Å²) >= 11 is 0. The molecule has 0 aliphatic heterocycles. The zero-order valence-corrected chi connectivity index (χ0v) is 17.8. The largest absolute Gasteiger partial charge is 0.206 e. The lowest BCUT2D eigenvalue weighted by molar-refractivity contribution is 0.624. The summed E-state index contributed by atoms with van der Waals surface area (Å²) < 4.78 is 14.4. The summed E-state index contributed by atoms with van der Waals surface area (Å²) in [6, 6.07) is 21.2. The number of benzene rings is 3. The number of unbranched alkanes of at least 4 members (excludes halogenated alkanes) is 3. The van der Waals surface area contributed by atoms with E-state index in [1.807, 2.05) is 49.4 Å². The van der Waals surface area contributed by atoms with E-state index in [1.165, 1.54) is 42.9 Å². The van der Waals surface area contributed by atoms with Crippen molar-refractivity contribution in [3.05, 3.63) is 106 Å². The van der Waals surface area contributed by atoms with Crippen LogP contribution in [0.25, 0.3) is 0 Å². The zero-order chi connectivity index (χ0) is 21.2. The Bertz CT molecular complexity index is 1080. The Hall–Kier alpha value is -3.29. The van der Waals surface area contributed by atoms with Gasteiger partial charge in [0.1, 0.15) is 5.82 Å². The molecule has 0 N–H and O–H groups in total. The van der Waals surface area contributed by atoms with E-state index in [9.17, 15) is 4.39 Å². The van der Waals surface area contributed by atoms with Gasteiger partial charge in [0, 0.05) is 16.7 Å². The van der Waals surface area contributed by atoms with Crippen LogP contribution in [0.15, 0.2) is 66.7 Å². The van der Waals surface area contributed by atoms with Gasteiger partial charge in [0.25, 0.3) is 0 Å². The van der Waals surface area contributed by atoms with Gasteiger partial charge < -0.3 is 0 Å². The Morgan fingerprint density at radius 3 is 1.93 bits per heavy atom. The van der Waals surface area contributed by atoms with Crippen LogP contribution in [0.4, 0.5) is 4.39 Å². The molecule has 0 saturated heterocycles. The second-order valence-corrected chi connectivity index (χ2v) is 7.57. The van der Waals surface area contributed by atoms with Crippen LogP contribution < -0.4 is 0 Å². The Kier molecular flexibility index (Phi) is 7.88. The molecule has 0 radical (unpaired) electrons. The second-order valence-electron chi connectivity index (χ2n) is 7.57. The van der Waals surface area contributed by atoms with Gasteiger partial charge in [0.2, 0.25) is 0 Å². The lowest BCUT2D eigenvalue weighted by atomic mass is 10.0. The van der Waals surface area contributed by atoms with Crippen molar-refractivity contribution in [3.8, 4) is 23.7 Å². The van der Waals surface area contributed by atoms with Crippen molar-refractivity contribution in [2.75, 3.05) is 0 Å². The SMILES string of the molecule is CCCCCCc1ccc(C#Cc2ccc(C#Cc3ccc(C)cc3)cc2F)cc1. The standard InChI is InChI=1S/C29H27F/c1-3-4-5-6-7-24-12-14-26(15-13-24)18-20-28-21-19-27(22-29(28)30)17-16-25-10-8-23(2)9-11-25/h8-15,19,21-22H,3-7H2,1-2H3. The molecule has 0 aliphatic rings. The highest BCUT2D eigenvalue weighted by atomic mass is 19.1. The average molecular weight is 395 g/mol. The minimum atomic E-state index is -0.342. The molecule has 0 spiro atoms. The molecule has 0 aliphatic carbocycles. The number of hydrogen-bond acceptors (Lipinski definition) is 0.